The maximum absolute atomic E-state index is 5.27. The molecule has 2 atom stereocenters. The first-order valence-electron chi connectivity index (χ1n) is 6.47. The van der Waals surface area contributed by atoms with E-state index in [-0.39, 0.29) is 12.4 Å². The lowest BCUT2D eigenvalue weighted by Crippen LogP contribution is -2.53. The maximum atomic E-state index is 5.27. The van der Waals surface area contributed by atoms with Crippen LogP contribution < -0.4 is 5.32 Å². The molecule has 0 aliphatic carbocycles. The molecule has 2 unspecified atom stereocenters. The van der Waals surface area contributed by atoms with Crippen LogP contribution >= 0.6 is 12.4 Å². The fraction of sp³-hybridized carbons (Fsp3) is 0.833. The molecule has 0 aromatic carbocycles. The third-order valence-corrected chi connectivity index (χ3v) is 2.98. The van der Waals surface area contributed by atoms with Gasteiger partial charge in [-0.25, -0.2) is 0 Å². The van der Waals surface area contributed by atoms with Crippen molar-refractivity contribution in [1.82, 2.24) is 20.4 Å². The molecule has 5 nitrogen and oxygen atoms in total. The smallest absolute Gasteiger partial charge is 0.240 e. The van der Waals surface area contributed by atoms with Crippen molar-refractivity contribution in [3.05, 3.63) is 11.7 Å². The first-order chi connectivity index (χ1) is 8.17. The highest BCUT2D eigenvalue weighted by Gasteiger charge is 2.22. The Morgan fingerprint density at radius 2 is 2.00 bits per heavy atom. The van der Waals surface area contributed by atoms with Gasteiger partial charge in [0, 0.05) is 31.6 Å². The zero-order valence-electron chi connectivity index (χ0n) is 11.3. The normalized spacial score (nSPS) is 24.8. The van der Waals surface area contributed by atoms with Crippen LogP contribution in [0.25, 0.3) is 0 Å². The minimum absolute atomic E-state index is 0. The van der Waals surface area contributed by atoms with Gasteiger partial charge in [-0.1, -0.05) is 12.1 Å². The van der Waals surface area contributed by atoms with Crippen molar-refractivity contribution in [3.8, 4) is 0 Å². The van der Waals surface area contributed by atoms with E-state index in [0.717, 1.165) is 44.2 Å². The van der Waals surface area contributed by atoms with E-state index >= 15 is 0 Å². The molecule has 2 heterocycles. The Morgan fingerprint density at radius 3 is 2.61 bits per heavy atom. The van der Waals surface area contributed by atoms with E-state index in [1.54, 1.807) is 0 Å². The fourth-order valence-electron chi connectivity index (χ4n) is 2.44. The van der Waals surface area contributed by atoms with Crippen LogP contribution in [0.5, 0.6) is 0 Å². The zero-order valence-corrected chi connectivity index (χ0v) is 12.2. The van der Waals surface area contributed by atoms with Crippen molar-refractivity contribution in [2.45, 2.75) is 52.2 Å². The van der Waals surface area contributed by atoms with Gasteiger partial charge >= 0.3 is 0 Å². The highest BCUT2D eigenvalue weighted by Crippen LogP contribution is 2.09. The number of nitrogens with one attached hydrogen (secondary N) is 1. The second-order valence-corrected chi connectivity index (χ2v) is 5.02. The quantitative estimate of drug-likeness (QED) is 0.904. The summed E-state index contributed by atoms with van der Waals surface area (Å²) in [6.07, 6.45) is 1.96. The van der Waals surface area contributed by atoms with Crippen LogP contribution in [-0.2, 0) is 13.0 Å². The summed E-state index contributed by atoms with van der Waals surface area (Å²) in [5.41, 5.74) is 0. The van der Waals surface area contributed by atoms with E-state index in [4.69, 9.17) is 4.52 Å². The molecule has 1 N–H and O–H groups in total. The van der Waals surface area contributed by atoms with Crippen LogP contribution in [0.1, 0.15) is 38.9 Å². The Kier molecular flexibility index (Phi) is 6.05. The van der Waals surface area contributed by atoms with Gasteiger partial charge in [-0.3, -0.25) is 4.90 Å². The molecular formula is C12H23ClN4O. The van der Waals surface area contributed by atoms with E-state index in [1.807, 2.05) is 0 Å². The number of piperazine rings is 1. The Balaban J connectivity index is 0.00000162. The number of hydrogen-bond donors (Lipinski definition) is 1. The van der Waals surface area contributed by atoms with Gasteiger partial charge in [0.2, 0.25) is 5.89 Å². The van der Waals surface area contributed by atoms with E-state index in [1.165, 1.54) is 0 Å². The SMILES string of the molecule is CCCc1noc(CN2CC(C)NC(C)C2)n1.Cl. The first-order valence-corrected chi connectivity index (χ1v) is 6.47. The molecular weight excluding hydrogens is 252 g/mol. The Labute approximate surface area is 115 Å². The average Bonchev–Trinajstić information content (AvgIpc) is 2.64. The molecule has 0 bridgehead atoms. The summed E-state index contributed by atoms with van der Waals surface area (Å²) in [7, 11) is 0. The highest BCUT2D eigenvalue weighted by atomic mass is 35.5. The molecule has 18 heavy (non-hydrogen) atoms. The van der Waals surface area contributed by atoms with E-state index in [0.29, 0.717) is 12.1 Å². The van der Waals surface area contributed by atoms with Gasteiger partial charge in [-0.05, 0) is 20.3 Å². The third kappa shape index (κ3) is 4.23. The van der Waals surface area contributed by atoms with Crippen molar-refractivity contribution in [1.29, 1.82) is 0 Å². The van der Waals surface area contributed by atoms with Gasteiger partial charge in [0.25, 0.3) is 0 Å². The number of aryl methyl sites for hydroxylation is 1. The van der Waals surface area contributed by atoms with Gasteiger partial charge in [-0.15, -0.1) is 12.4 Å². The summed E-state index contributed by atoms with van der Waals surface area (Å²) < 4.78 is 5.27. The van der Waals surface area contributed by atoms with Crippen molar-refractivity contribution < 1.29 is 4.52 Å². The van der Waals surface area contributed by atoms with Crippen LogP contribution in [0.2, 0.25) is 0 Å². The molecule has 1 aromatic heterocycles. The lowest BCUT2D eigenvalue weighted by atomic mass is 10.1. The van der Waals surface area contributed by atoms with E-state index in [9.17, 15) is 0 Å². The van der Waals surface area contributed by atoms with Crippen LogP contribution in [0.4, 0.5) is 0 Å². The van der Waals surface area contributed by atoms with E-state index < -0.39 is 0 Å². The predicted molar refractivity (Wildman–Crippen MR) is 72.9 cm³/mol. The number of nitrogens with zero attached hydrogens (tertiary/aromatic N) is 3. The summed E-state index contributed by atoms with van der Waals surface area (Å²) in [5, 5.41) is 7.49. The average molecular weight is 275 g/mol. The Morgan fingerprint density at radius 1 is 1.33 bits per heavy atom. The molecule has 1 aliphatic heterocycles. The van der Waals surface area contributed by atoms with Gasteiger partial charge in [-0.2, -0.15) is 4.98 Å². The van der Waals surface area contributed by atoms with Gasteiger partial charge in [0.15, 0.2) is 5.82 Å². The highest BCUT2D eigenvalue weighted by molar-refractivity contribution is 5.85. The standard InChI is InChI=1S/C12H22N4O.ClH/c1-4-5-11-14-12(17-15-11)8-16-6-9(2)13-10(3)7-16;/h9-10,13H,4-8H2,1-3H3;1H. The summed E-state index contributed by atoms with van der Waals surface area (Å²) in [4.78, 5) is 6.77. The number of hydrogen-bond acceptors (Lipinski definition) is 5. The van der Waals surface area contributed by atoms with E-state index in [2.05, 4.69) is 41.1 Å². The van der Waals surface area contributed by atoms with Gasteiger partial charge in [0.1, 0.15) is 0 Å². The predicted octanol–water partition coefficient (Wildman–Crippen LogP) is 1.63. The van der Waals surface area contributed by atoms with Crippen molar-refractivity contribution in [2.24, 2.45) is 0 Å². The summed E-state index contributed by atoms with van der Waals surface area (Å²) in [6.45, 7) is 9.38. The maximum Gasteiger partial charge on any atom is 0.240 e. The number of aromatic nitrogens is 2. The zero-order chi connectivity index (χ0) is 12.3. The van der Waals surface area contributed by atoms with Crippen LogP contribution in [0, 0.1) is 0 Å². The molecule has 0 radical (unpaired) electrons. The summed E-state index contributed by atoms with van der Waals surface area (Å²) in [6, 6.07) is 1.05. The molecule has 1 aliphatic rings. The summed E-state index contributed by atoms with van der Waals surface area (Å²) >= 11 is 0. The minimum Gasteiger partial charge on any atom is -0.338 e. The van der Waals surface area contributed by atoms with Crippen LogP contribution in [0.15, 0.2) is 4.52 Å². The lowest BCUT2D eigenvalue weighted by Gasteiger charge is -2.35. The molecule has 6 heteroatoms. The molecule has 104 valence electrons. The fourth-order valence-corrected chi connectivity index (χ4v) is 2.44. The van der Waals surface area contributed by atoms with Crippen molar-refractivity contribution in [3.63, 3.8) is 0 Å². The molecule has 1 fully saturated rings. The molecule has 0 saturated carbocycles. The molecule has 2 rings (SSSR count). The number of halogens is 1. The number of rotatable bonds is 4. The minimum atomic E-state index is 0. The molecule has 0 amide bonds. The Bertz CT molecular complexity index is 348. The van der Waals surface area contributed by atoms with Crippen LogP contribution in [0.3, 0.4) is 0 Å². The molecule has 1 aromatic rings. The van der Waals surface area contributed by atoms with Crippen LogP contribution in [-0.4, -0.2) is 40.2 Å². The van der Waals surface area contributed by atoms with Crippen molar-refractivity contribution in [2.75, 3.05) is 13.1 Å². The summed E-state index contributed by atoms with van der Waals surface area (Å²) in [5.74, 6) is 1.58. The van der Waals surface area contributed by atoms with Gasteiger partial charge in [0.05, 0.1) is 6.54 Å². The third-order valence-electron chi connectivity index (χ3n) is 2.98. The first kappa shape index (κ1) is 15.4. The second kappa shape index (κ2) is 7.07. The molecule has 0 spiro atoms. The largest absolute Gasteiger partial charge is 0.338 e. The second-order valence-electron chi connectivity index (χ2n) is 5.02. The van der Waals surface area contributed by atoms with Gasteiger partial charge < -0.3 is 9.84 Å². The Hall–Kier alpha value is -0.650. The monoisotopic (exact) mass is 274 g/mol. The lowest BCUT2D eigenvalue weighted by molar-refractivity contribution is 0.149. The topological polar surface area (TPSA) is 54.2 Å². The van der Waals surface area contributed by atoms with Crippen molar-refractivity contribution >= 4 is 12.4 Å². The molecule has 1 saturated heterocycles.